The van der Waals surface area contributed by atoms with Gasteiger partial charge in [0.2, 0.25) is 0 Å². The molecule has 0 unspecified atom stereocenters. The minimum absolute atomic E-state index is 0.0955. The van der Waals surface area contributed by atoms with Crippen molar-refractivity contribution in [3.8, 4) is 16.9 Å². The topological polar surface area (TPSA) is 23.5 Å². The van der Waals surface area contributed by atoms with Crippen molar-refractivity contribution in [2.75, 3.05) is 14.1 Å². The summed E-state index contributed by atoms with van der Waals surface area (Å²) in [6.45, 7) is 7.46. The average Bonchev–Trinajstić information content (AvgIpc) is 2.49. The molecule has 2 aromatic carbocycles. The molecule has 0 aliphatic heterocycles. The Morgan fingerprint density at radius 1 is 1.05 bits per heavy atom. The first-order valence-electron chi connectivity index (χ1n) is 7.91. The van der Waals surface area contributed by atoms with Gasteiger partial charge in [-0.05, 0) is 43.1 Å². The van der Waals surface area contributed by atoms with Crippen molar-refractivity contribution in [3.63, 3.8) is 0 Å². The molecule has 0 saturated heterocycles. The van der Waals surface area contributed by atoms with Crippen molar-refractivity contribution >= 4 is 0 Å². The second-order valence-electron chi connectivity index (χ2n) is 6.87. The standard InChI is InChI=1S/C20H27NO/c1-6-20(2,3)17-12-16(14-21(4)5)19(22)18(13-17)15-10-8-7-9-11-15/h7-13,22H,6,14H2,1-5H3. The molecule has 0 aliphatic carbocycles. The molecule has 0 aliphatic rings. The van der Waals surface area contributed by atoms with Gasteiger partial charge in [0.05, 0.1) is 0 Å². The lowest BCUT2D eigenvalue weighted by molar-refractivity contribution is 0.385. The maximum absolute atomic E-state index is 10.7. The molecular formula is C20H27NO. The SMILES string of the molecule is CCC(C)(C)c1cc(CN(C)C)c(O)c(-c2ccccc2)c1. The Bertz CT molecular complexity index is 630. The van der Waals surface area contributed by atoms with E-state index in [2.05, 4.69) is 49.9 Å². The largest absolute Gasteiger partial charge is 0.507 e. The van der Waals surface area contributed by atoms with E-state index in [0.717, 1.165) is 29.7 Å². The quantitative estimate of drug-likeness (QED) is 0.856. The predicted molar refractivity (Wildman–Crippen MR) is 94.3 cm³/mol. The van der Waals surface area contributed by atoms with Crippen LogP contribution < -0.4 is 0 Å². The third kappa shape index (κ3) is 3.50. The highest BCUT2D eigenvalue weighted by molar-refractivity contribution is 5.73. The zero-order chi connectivity index (χ0) is 16.3. The summed E-state index contributed by atoms with van der Waals surface area (Å²) in [4.78, 5) is 2.09. The summed E-state index contributed by atoms with van der Waals surface area (Å²) in [5, 5.41) is 10.7. The first-order chi connectivity index (χ1) is 10.3. The summed E-state index contributed by atoms with van der Waals surface area (Å²) in [5.74, 6) is 0.399. The maximum Gasteiger partial charge on any atom is 0.127 e. The molecule has 0 amide bonds. The van der Waals surface area contributed by atoms with Crippen molar-refractivity contribution in [2.45, 2.75) is 39.2 Å². The molecule has 0 radical (unpaired) electrons. The molecule has 0 fully saturated rings. The lowest BCUT2D eigenvalue weighted by atomic mass is 9.80. The van der Waals surface area contributed by atoms with Crippen molar-refractivity contribution in [1.82, 2.24) is 4.90 Å². The summed E-state index contributed by atoms with van der Waals surface area (Å²) in [5.41, 5.74) is 4.36. The smallest absolute Gasteiger partial charge is 0.127 e. The van der Waals surface area contributed by atoms with E-state index >= 15 is 0 Å². The lowest BCUT2D eigenvalue weighted by Crippen LogP contribution is -2.17. The Morgan fingerprint density at radius 3 is 2.23 bits per heavy atom. The zero-order valence-electron chi connectivity index (χ0n) is 14.4. The van der Waals surface area contributed by atoms with Crippen LogP contribution >= 0.6 is 0 Å². The number of phenols is 1. The molecule has 0 saturated carbocycles. The predicted octanol–water partition coefficient (Wildman–Crippen LogP) is 4.81. The Kier molecular flexibility index (Phi) is 4.92. The van der Waals surface area contributed by atoms with Crippen LogP contribution in [0.3, 0.4) is 0 Å². The van der Waals surface area contributed by atoms with E-state index in [1.54, 1.807) is 0 Å². The van der Waals surface area contributed by atoms with Crippen LogP contribution in [0, 0.1) is 0 Å². The van der Waals surface area contributed by atoms with Gasteiger partial charge in [0.1, 0.15) is 5.75 Å². The number of nitrogens with zero attached hydrogens (tertiary/aromatic N) is 1. The summed E-state index contributed by atoms with van der Waals surface area (Å²) in [7, 11) is 4.05. The highest BCUT2D eigenvalue weighted by Crippen LogP contribution is 2.38. The maximum atomic E-state index is 10.7. The molecule has 0 heterocycles. The van der Waals surface area contributed by atoms with E-state index in [1.807, 2.05) is 32.3 Å². The molecule has 2 heteroatoms. The first-order valence-corrected chi connectivity index (χ1v) is 7.91. The Balaban J connectivity index is 2.64. The van der Waals surface area contributed by atoms with Gasteiger partial charge in [-0.3, -0.25) is 0 Å². The van der Waals surface area contributed by atoms with Crippen molar-refractivity contribution in [3.05, 3.63) is 53.6 Å². The van der Waals surface area contributed by atoms with Crippen molar-refractivity contribution in [2.24, 2.45) is 0 Å². The minimum atomic E-state index is 0.0955. The van der Waals surface area contributed by atoms with Crippen LogP contribution in [0.4, 0.5) is 0 Å². The molecule has 2 rings (SSSR count). The number of hydrogen-bond donors (Lipinski definition) is 1. The van der Waals surface area contributed by atoms with Gasteiger partial charge in [-0.15, -0.1) is 0 Å². The van der Waals surface area contributed by atoms with Crippen LogP contribution in [0.1, 0.15) is 38.3 Å². The van der Waals surface area contributed by atoms with Crippen molar-refractivity contribution < 1.29 is 5.11 Å². The summed E-state index contributed by atoms with van der Waals surface area (Å²) >= 11 is 0. The minimum Gasteiger partial charge on any atom is -0.507 e. The van der Waals surface area contributed by atoms with Crippen LogP contribution in [0.5, 0.6) is 5.75 Å². The van der Waals surface area contributed by atoms with Gasteiger partial charge in [0.25, 0.3) is 0 Å². The van der Waals surface area contributed by atoms with Gasteiger partial charge >= 0.3 is 0 Å². The van der Waals surface area contributed by atoms with Gasteiger partial charge in [-0.1, -0.05) is 57.2 Å². The van der Waals surface area contributed by atoms with Crippen LogP contribution in [-0.2, 0) is 12.0 Å². The van der Waals surface area contributed by atoms with Crippen molar-refractivity contribution in [1.29, 1.82) is 0 Å². The van der Waals surface area contributed by atoms with Gasteiger partial charge in [0.15, 0.2) is 0 Å². The van der Waals surface area contributed by atoms with E-state index in [-0.39, 0.29) is 5.41 Å². The van der Waals surface area contributed by atoms with Crippen LogP contribution in [0.2, 0.25) is 0 Å². The van der Waals surface area contributed by atoms with E-state index < -0.39 is 0 Å². The molecule has 0 spiro atoms. The zero-order valence-corrected chi connectivity index (χ0v) is 14.4. The number of benzene rings is 2. The molecule has 0 aromatic heterocycles. The fraction of sp³-hybridized carbons (Fsp3) is 0.400. The van der Waals surface area contributed by atoms with Gasteiger partial charge in [-0.2, -0.15) is 0 Å². The molecule has 2 aromatic rings. The van der Waals surface area contributed by atoms with Gasteiger partial charge in [-0.25, -0.2) is 0 Å². The fourth-order valence-electron chi connectivity index (χ4n) is 2.59. The molecule has 22 heavy (non-hydrogen) atoms. The second-order valence-corrected chi connectivity index (χ2v) is 6.87. The van der Waals surface area contributed by atoms with Gasteiger partial charge in [0, 0.05) is 17.7 Å². The Morgan fingerprint density at radius 2 is 1.68 bits per heavy atom. The summed E-state index contributed by atoms with van der Waals surface area (Å²) in [6, 6.07) is 14.4. The number of hydrogen-bond acceptors (Lipinski definition) is 2. The number of phenolic OH excluding ortho intramolecular Hbond substituents is 1. The highest BCUT2D eigenvalue weighted by atomic mass is 16.3. The molecule has 118 valence electrons. The Labute approximate surface area is 134 Å². The Hall–Kier alpha value is -1.80. The lowest BCUT2D eigenvalue weighted by Gasteiger charge is -2.26. The van der Waals surface area contributed by atoms with E-state index in [1.165, 1.54) is 5.56 Å². The molecule has 0 bridgehead atoms. The average molecular weight is 297 g/mol. The number of aromatic hydroxyl groups is 1. The fourth-order valence-corrected chi connectivity index (χ4v) is 2.59. The van der Waals surface area contributed by atoms with Gasteiger partial charge < -0.3 is 10.0 Å². The third-order valence-electron chi connectivity index (χ3n) is 4.43. The van der Waals surface area contributed by atoms with Crippen LogP contribution in [-0.4, -0.2) is 24.1 Å². The van der Waals surface area contributed by atoms with E-state index in [9.17, 15) is 5.11 Å². The monoisotopic (exact) mass is 297 g/mol. The molecule has 1 N–H and O–H groups in total. The molecule has 0 atom stereocenters. The second kappa shape index (κ2) is 6.53. The molecule has 2 nitrogen and oxygen atoms in total. The first kappa shape index (κ1) is 16.6. The summed E-state index contributed by atoms with van der Waals surface area (Å²) in [6.07, 6.45) is 1.06. The summed E-state index contributed by atoms with van der Waals surface area (Å²) < 4.78 is 0. The van der Waals surface area contributed by atoms with E-state index in [4.69, 9.17) is 0 Å². The number of rotatable bonds is 5. The highest BCUT2D eigenvalue weighted by Gasteiger charge is 2.22. The molecular weight excluding hydrogens is 270 g/mol. The third-order valence-corrected chi connectivity index (χ3v) is 4.43. The van der Waals surface area contributed by atoms with Crippen LogP contribution in [0.25, 0.3) is 11.1 Å². The van der Waals surface area contributed by atoms with E-state index in [0.29, 0.717) is 5.75 Å². The normalized spacial score (nSPS) is 11.9. The van der Waals surface area contributed by atoms with Crippen LogP contribution in [0.15, 0.2) is 42.5 Å².